The summed E-state index contributed by atoms with van der Waals surface area (Å²) >= 11 is 12.4. The van der Waals surface area contributed by atoms with Gasteiger partial charge in [-0.15, -0.1) is 0 Å². The van der Waals surface area contributed by atoms with E-state index in [0.29, 0.717) is 71.5 Å². The van der Waals surface area contributed by atoms with E-state index in [4.69, 9.17) is 61.5 Å². The van der Waals surface area contributed by atoms with Crippen molar-refractivity contribution < 1.29 is 47.9 Å². The van der Waals surface area contributed by atoms with E-state index in [2.05, 4.69) is 6.58 Å². The second-order valence-corrected chi connectivity index (χ2v) is 8.08. The molecule has 210 valence electrons. The van der Waals surface area contributed by atoms with Gasteiger partial charge in [0.25, 0.3) is 0 Å². The van der Waals surface area contributed by atoms with Crippen molar-refractivity contribution in [3.63, 3.8) is 0 Å². The normalized spacial score (nSPS) is 10.9. The monoisotopic (exact) mass is 566 g/mol. The second kappa shape index (κ2) is 21.2. The first-order valence-electron chi connectivity index (χ1n) is 11.9. The molecular weight excluding hydrogens is 531 g/mol. The minimum absolute atomic E-state index is 0.00257. The molecule has 0 spiro atoms. The predicted octanol–water partition coefficient (Wildman–Crippen LogP) is 3.14. The largest absolute Gasteiger partial charge is 0.480 e. The van der Waals surface area contributed by atoms with Gasteiger partial charge in [0.2, 0.25) is 0 Å². The first-order chi connectivity index (χ1) is 17.9. The third-order valence-corrected chi connectivity index (χ3v) is 5.46. The molecular formula is C25H36Cl2O10. The summed E-state index contributed by atoms with van der Waals surface area (Å²) in [7, 11) is 0. The standard InChI is InChI=1S/C25H36Cl2O10/c1-3-19(2)25(30)20-4-5-21(24(27)23(20)26)37-18-22(29)36-17-16-35-15-14-34-13-12-33-11-10-32-9-8-31-7-6-28/h4-5,28H,2-3,6-18H2,1H3. The number of hydrogen-bond acceptors (Lipinski definition) is 10. The quantitative estimate of drug-likeness (QED) is 0.0915. The number of aliphatic hydroxyl groups is 1. The van der Waals surface area contributed by atoms with Gasteiger partial charge in [0.1, 0.15) is 17.4 Å². The lowest BCUT2D eigenvalue weighted by Gasteiger charge is -2.12. The van der Waals surface area contributed by atoms with Crippen molar-refractivity contribution in [3.8, 4) is 5.75 Å². The number of carbonyl (C=O) groups is 2. The van der Waals surface area contributed by atoms with Crippen LogP contribution in [0.3, 0.4) is 0 Å². The number of esters is 1. The van der Waals surface area contributed by atoms with Gasteiger partial charge in [-0.2, -0.15) is 0 Å². The lowest BCUT2D eigenvalue weighted by atomic mass is 10.0. The smallest absolute Gasteiger partial charge is 0.344 e. The number of aliphatic hydroxyl groups excluding tert-OH is 1. The van der Waals surface area contributed by atoms with Crippen LogP contribution >= 0.6 is 23.2 Å². The summed E-state index contributed by atoms with van der Waals surface area (Å²) in [5.41, 5.74) is 0.637. The summed E-state index contributed by atoms with van der Waals surface area (Å²) in [5, 5.41) is 8.63. The SMILES string of the molecule is C=C(CC)C(=O)c1ccc(OCC(=O)OCCOCCOCCOCCOCCOCCO)c(Cl)c1Cl. The maximum absolute atomic E-state index is 12.3. The number of carbonyl (C=O) groups excluding carboxylic acids is 2. The maximum Gasteiger partial charge on any atom is 0.344 e. The fraction of sp³-hybridized carbons (Fsp3) is 0.600. The highest BCUT2D eigenvalue weighted by Crippen LogP contribution is 2.35. The number of allylic oxidation sites excluding steroid dienone is 1. The van der Waals surface area contributed by atoms with Gasteiger partial charge in [-0.1, -0.05) is 36.7 Å². The van der Waals surface area contributed by atoms with Crippen molar-refractivity contribution in [1.82, 2.24) is 0 Å². The fourth-order valence-corrected chi connectivity index (χ4v) is 3.07. The molecule has 0 heterocycles. The minimum atomic E-state index is -0.606. The first kappa shape index (κ1) is 33.3. The third-order valence-electron chi connectivity index (χ3n) is 4.60. The van der Waals surface area contributed by atoms with Crippen LogP contribution in [0.1, 0.15) is 23.7 Å². The molecule has 0 saturated carbocycles. The molecule has 1 N–H and O–H groups in total. The van der Waals surface area contributed by atoms with Crippen LogP contribution in [0.5, 0.6) is 5.75 Å². The summed E-state index contributed by atoms with van der Waals surface area (Å²) in [6, 6.07) is 2.95. The molecule has 0 aliphatic carbocycles. The number of halogens is 2. The average Bonchev–Trinajstić information content (AvgIpc) is 2.90. The van der Waals surface area contributed by atoms with Crippen LogP contribution in [-0.4, -0.2) is 103 Å². The van der Waals surface area contributed by atoms with Crippen LogP contribution in [-0.2, 0) is 33.2 Å². The Hall–Kier alpha value is -1.76. The lowest BCUT2D eigenvalue weighted by Crippen LogP contribution is -2.18. The molecule has 10 nitrogen and oxygen atoms in total. The van der Waals surface area contributed by atoms with Gasteiger partial charge in [-0.25, -0.2) is 4.79 Å². The Morgan fingerprint density at radius 3 is 1.76 bits per heavy atom. The van der Waals surface area contributed by atoms with Crippen molar-refractivity contribution in [3.05, 3.63) is 39.9 Å². The molecule has 0 radical (unpaired) electrons. The average molecular weight is 567 g/mol. The van der Waals surface area contributed by atoms with Gasteiger partial charge < -0.3 is 38.3 Å². The van der Waals surface area contributed by atoms with E-state index >= 15 is 0 Å². The van der Waals surface area contributed by atoms with Gasteiger partial charge in [-0.05, 0) is 24.1 Å². The molecule has 0 atom stereocenters. The Bertz CT molecular complexity index is 819. The number of benzene rings is 1. The molecule has 1 aromatic rings. The number of rotatable bonds is 23. The lowest BCUT2D eigenvalue weighted by molar-refractivity contribution is -0.147. The third kappa shape index (κ3) is 14.7. The highest BCUT2D eigenvalue weighted by atomic mass is 35.5. The van der Waals surface area contributed by atoms with Crippen molar-refractivity contribution in [1.29, 1.82) is 0 Å². The molecule has 0 fully saturated rings. The van der Waals surface area contributed by atoms with E-state index in [1.54, 1.807) is 0 Å². The molecule has 0 saturated heterocycles. The van der Waals surface area contributed by atoms with E-state index in [1.165, 1.54) is 12.1 Å². The summed E-state index contributed by atoms with van der Waals surface area (Å²) in [4.78, 5) is 24.1. The van der Waals surface area contributed by atoms with Crippen molar-refractivity contribution in [2.24, 2.45) is 0 Å². The molecule has 37 heavy (non-hydrogen) atoms. The van der Waals surface area contributed by atoms with Gasteiger partial charge >= 0.3 is 5.97 Å². The number of hydrogen-bond donors (Lipinski definition) is 1. The molecule has 0 bridgehead atoms. The Morgan fingerprint density at radius 2 is 1.27 bits per heavy atom. The highest BCUT2D eigenvalue weighted by molar-refractivity contribution is 6.45. The van der Waals surface area contributed by atoms with Crippen LogP contribution in [0, 0.1) is 0 Å². The predicted molar refractivity (Wildman–Crippen MR) is 138 cm³/mol. The van der Waals surface area contributed by atoms with Gasteiger partial charge in [0.15, 0.2) is 12.4 Å². The zero-order chi connectivity index (χ0) is 27.3. The molecule has 1 rings (SSSR count). The van der Waals surface area contributed by atoms with Crippen molar-refractivity contribution in [2.45, 2.75) is 13.3 Å². The topological polar surface area (TPSA) is 119 Å². The Labute approximate surface area is 227 Å². The summed E-state index contributed by atoms with van der Waals surface area (Å²) in [6.07, 6.45) is 0.490. The second-order valence-electron chi connectivity index (χ2n) is 7.32. The van der Waals surface area contributed by atoms with E-state index < -0.39 is 5.97 Å². The van der Waals surface area contributed by atoms with Crippen LogP contribution in [0.25, 0.3) is 0 Å². The van der Waals surface area contributed by atoms with E-state index in [0.717, 1.165) is 0 Å². The number of ketones is 1. The molecule has 12 heteroatoms. The molecule has 1 aromatic carbocycles. The van der Waals surface area contributed by atoms with Crippen LogP contribution < -0.4 is 4.74 Å². The molecule has 0 aromatic heterocycles. The van der Waals surface area contributed by atoms with Crippen molar-refractivity contribution >= 4 is 35.0 Å². The zero-order valence-corrected chi connectivity index (χ0v) is 22.7. The van der Waals surface area contributed by atoms with E-state index in [1.807, 2.05) is 6.92 Å². The Morgan fingerprint density at radius 1 is 0.784 bits per heavy atom. The molecule has 0 aliphatic heterocycles. The molecule has 0 unspecified atom stereocenters. The number of ether oxygens (including phenoxy) is 7. The van der Waals surface area contributed by atoms with Crippen LogP contribution in [0.15, 0.2) is 24.3 Å². The summed E-state index contributed by atoms with van der Waals surface area (Å²) < 4.78 is 36.8. The summed E-state index contributed by atoms with van der Waals surface area (Å²) in [5.74, 6) is -0.736. The Balaban J connectivity index is 2.03. The van der Waals surface area contributed by atoms with Gasteiger partial charge in [0.05, 0.1) is 77.7 Å². The molecule has 0 aliphatic rings. The molecule has 0 amide bonds. The van der Waals surface area contributed by atoms with Crippen LogP contribution in [0.4, 0.5) is 0 Å². The van der Waals surface area contributed by atoms with Gasteiger partial charge in [-0.3, -0.25) is 4.79 Å². The Kier molecular flexibility index (Phi) is 19.1. The van der Waals surface area contributed by atoms with Crippen molar-refractivity contribution in [2.75, 3.05) is 85.9 Å². The van der Waals surface area contributed by atoms with E-state index in [-0.39, 0.29) is 53.6 Å². The maximum atomic E-state index is 12.3. The fourth-order valence-electron chi connectivity index (χ4n) is 2.61. The van der Waals surface area contributed by atoms with Crippen LogP contribution in [0.2, 0.25) is 10.0 Å². The number of Topliss-reactive ketones (excluding diaryl/α,β-unsaturated/α-hetero) is 1. The summed E-state index contributed by atoms with van der Waals surface area (Å²) in [6.45, 7) is 9.09. The highest BCUT2D eigenvalue weighted by Gasteiger charge is 2.18. The van der Waals surface area contributed by atoms with E-state index in [9.17, 15) is 9.59 Å². The minimum Gasteiger partial charge on any atom is -0.480 e. The van der Waals surface area contributed by atoms with Gasteiger partial charge in [0, 0.05) is 5.56 Å². The zero-order valence-electron chi connectivity index (χ0n) is 21.1. The first-order valence-corrected chi connectivity index (χ1v) is 12.7.